The smallest absolute Gasteiger partial charge is 0.227 e. The zero-order valence-corrected chi connectivity index (χ0v) is 13.7. The Kier molecular flexibility index (Phi) is 4.75. The lowest BCUT2D eigenvalue weighted by molar-refractivity contribution is -0.132. The molecule has 2 fully saturated rings. The van der Waals surface area contributed by atoms with Crippen molar-refractivity contribution >= 4 is 29.1 Å². The lowest BCUT2D eigenvalue weighted by Gasteiger charge is -2.29. The van der Waals surface area contributed by atoms with Gasteiger partial charge in [0.25, 0.3) is 0 Å². The molecule has 114 valence electrons. The largest absolute Gasteiger partial charge is 0.339 e. The average molecular weight is 326 g/mol. The molecule has 3 rings (SSSR count). The third-order valence-electron chi connectivity index (χ3n) is 4.90. The monoisotopic (exact) mass is 325 g/mol. The average Bonchev–Trinajstić information content (AvgIpc) is 3.12. The summed E-state index contributed by atoms with van der Waals surface area (Å²) in [4.78, 5) is 14.8. The molecule has 4 heteroatoms. The topological polar surface area (TPSA) is 20.3 Å². The maximum atomic E-state index is 12.6. The summed E-state index contributed by atoms with van der Waals surface area (Å²) < 4.78 is 0. The van der Waals surface area contributed by atoms with Crippen LogP contribution in [0.4, 0.5) is 0 Å². The number of rotatable bonds is 3. The minimum absolute atomic E-state index is 0.239. The van der Waals surface area contributed by atoms with E-state index in [1.807, 2.05) is 12.1 Å². The summed E-state index contributed by atoms with van der Waals surface area (Å²) in [6, 6.07) is 5.95. The van der Waals surface area contributed by atoms with Gasteiger partial charge in [0, 0.05) is 12.6 Å². The molecule has 21 heavy (non-hydrogen) atoms. The van der Waals surface area contributed by atoms with E-state index in [4.69, 9.17) is 23.2 Å². The Morgan fingerprint density at radius 3 is 2.57 bits per heavy atom. The molecule has 1 aliphatic heterocycles. The molecule has 2 nitrogen and oxygen atoms in total. The van der Waals surface area contributed by atoms with Crippen molar-refractivity contribution < 1.29 is 4.79 Å². The maximum Gasteiger partial charge on any atom is 0.227 e. The van der Waals surface area contributed by atoms with Crippen molar-refractivity contribution in [1.82, 2.24) is 4.90 Å². The van der Waals surface area contributed by atoms with E-state index in [9.17, 15) is 4.79 Å². The second kappa shape index (κ2) is 6.58. The van der Waals surface area contributed by atoms with Crippen LogP contribution in [0.2, 0.25) is 10.0 Å². The minimum Gasteiger partial charge on any atom is -0.339 e. The zero-order valence-electron chi connectivity index (χ0n) is 12.2. The summed E-state index contributed by atoms with van der Waals surface area (Å²) in [6.07, 6.45) is 8.00. The van der Waals surface area contributed by atoms with Gasteiger partial charge < -0.3 is 4.90 Å². The number of hydrogen-bond acceptors (Lipinski definition) is 1. The van der Waals surface area contributed by atoms with E-state index in [1.165, 1.54) is 32.1 Å². The number of carbonyl (C=O) groups is 1. The van der Waals surface area contributed by atoms with Gasteiger partial charge in [-0.05, 0) is 49.3 Å². The molecule has 1 saturated carbocycles. The molecule has 1 aromatic rings. The van der Waals surface area contributed by atoms with E-state index in [2.05, 4.69) is 4.90 Å². The molecule has 1 aliphatic carbocycles. The first kappa shape index (κ1) is 15.2. The van der Waals surface area contributed by atoms with Crippen molar-refractivity contribution in [2.24, 2.45) is 5.92 Å². The quantitative estimate of drug-likeness (QED) is 0.787. The molecule has 0 spiro atoms. The number of hydrogen-bond donors (Lipinski definition) is 0. The Bertz CT molecular complexity index is 526. The maximum absolute atomic E-state index is 12.6. The molecule has 0 radical (unpaired) electrons. The third-order valence-corrected chi connectivity index (χ3v) is 5.64. The van der Waals surface area contributed by atoms with Gasteiger partial charge in [-0.15, -0.1) is 0 Å². The van der Waals surface area contributed by atoms with Crippen molar-refractivity contribution in [3.8, 4) is 0 Å². The molecule has 2 aliphatic rings. The normalized spacial score (nSPS) is 23.0. The van der Waals surface area contributed by atoms with Gasteiger partial charge >= 0.3 is 0 Å². The van der Waals surface area contributed by atoms with Gasteiger partial charge in [-0.2, -0.15) is 0 Å². The fourth-order valence-corrected chi connectivity index (χ4v) is 4.18. The van der Waals surface area contributed by atoms with Gasteiger partial charge in [0.05, 0.1) is 16.5 Å². The number of likely N-dealkylation sites (tertiary alicyclic amines) is 1. The SMILES string of the molecule is O=C(Cc1ccc(Cl)c(Cl)c1)N1CCCC1C1CCCC1. The van der Waals surface area contributed by atoms with Crippen LogP contribution in [0.5, 0.6) is 0 Å². The van der Waals surface area contributed by atoms with Crippen molar-refractivity contribution in [3.05, 3.63) is 33.8 Å². The van der Waals surface area contributed by atoms with Gasteiger partial charge in [0.2, 0.25) is 5.91 Å². The highest BCUT2D eigenvalue weighted by molar-refractivity contribution is 6.42. The molecule has 1 amide bonds. The van der Waals surface area contributed by atoms with E-state index in [1.54, 1.807) is 6.07 Å². The number of benzene rings is 1. The first-order chi connectivity index (χ1) is 10.1. The van der Waals surface area contributed by atoms with E-state index < -0.39 is 0 Å². The summed E-state index contributed by atoms with van der Waals surface area (Å²) >= 11 is 12.0. The first-order valence-electron chi connectivity index (χ1n) is 7.88. The van der Waals surface area contributed by atoms with Gasteiger partial charge in [-0.1, -0.05) is 42.1 Å². The number of carbonyl (C=O) groups excluding carboxylic acids is 1. The third kappa shape index (κ3) is 3.37. The molecule has 0 N–H and O–H groups in total. The molecule has 0 bridgehead atoms. The first-order valence-corrected chi connectivity index (χ1v) is 8.64. The molecule has 1 saturated heterocycles. The van der Waals surface area contributed by atoms with Crippen LogP contribution in [-0.2, 0) is 11.2 Å². The Morgan fingerprint density at radius 2 is 1.86 bits per heavy atom. The molecule has 1 aromatic carbocycles. The highest BCUT2D eigenvalue weighted by atomic mass is 35.5. The fourth-order valence-electron chi connectivity index (χ4n) is 3.86. The molecule has 1 atom stereocenters. The molecular formula is C17H21Cl2NO. The molecule has 1 heterocycles. The Balaban J connectivity index is 1.67. The van der Waals surface area contributed by atoms with E-state index >= 15 is 0 Å². The van der Waals surface area contributed by atoms with E-state index in [0.29, 0.717) is 22.5 Å². The van der Waals surface area contributed by atoms with Gasteiger partial charge in [-0.3, -0.25) is 4.79 Å². The van der Waals surface area contributed by atoms with E-state index in [0.717, 1.165) is 24.4 Å². The number of amides is 1. The minimum atomic E-state index is 0.239. The molecular weight excluding hydrogens is 305 g/mol. The van der Waals surface area contributed by atoms with Crippen LogP contribution in [0.25, 0.3) is 0 Å². The second-order valence-electron chi connectivity index (χ2n) is 6.27. The Morgan fingerprint density at radius 1 is 1.10 bits per heavy atom. The standard InChI is InChI=1S/C17H21Cl2NO/c18-14-8-7-12(10-15(14)19)11-17(21)20-9-3-6-16(20)13-4-1-2-5-13/h7-8,10,13,16H,1-6,9,11H2. The van der Waals surface area contributed by atoms with Gasteiger partial charge in [-0.25, -0.2) is 0 Å². The van der Waals surface area contributed by atoms with Crippen molar-refractivity contribution in [2.45, 2.75) is 51.0 Å². The summed E-state index contributed by atoms with van der Waals surface area (Å²) in [7, 11) is 0. The summed E-state index contributed by atoms with van der Waals surface area (Å²) in [5.74, 6) is 0.966. The van der Waals surface area contributed by atoms with E-state index in [-0.39, 0.29) is 5.91 Å². The highest BCUT2D eigenvalue weighted by Crippen LogP contribution is 2.35. The van der Waals surface area contributed by atoms with Crippen molar-refractivity contribution in [2.75, 3.05) is 6.54 Å². The van der Waals surface area contributed by atoms with Gasteiger partial charge in [0.15, 0.2) is 0 Å². The zero-order chi connectivity index (χ0) is 14.8. The predicted molar refractivity (Wildman–Crippen MR) is 86.9 cm³/mol. The number of nitrogens with zero attached hydrogens (tertiary/aromatic N) is 1. The van der Waals surface area contributed by atoms with Crippen LogP contribution in [-0.4, -0.2) is 23.4 Å². The van der Waals surface area contributed by atoms with Crippen LogP contribution >= 0.6 is 23.2 Å². The Hall–Kier alpha value is -0.730. The van der Waals surface area contributed by atoms with Gasteiger partial charge in [0.1, 0.15) is 0 Å². The van der Waals surface area contributed by atoms with Crippen molar-refractivity contribution in [1.29, 1.82) is 0 Å². The summed E-state index contributed by atoms with van der Waals surface area (Å²) in [6.45, 7) is 0.918. The second-order valence-corrected chi connectivity index (χ2v) is 7.08. The van der Waals surface area contributed by atoms with Crippen LogP contribution in [0.15, 0.2) is 18.2 Å². The lowest BCUT2D eigenvalue weighted by Crippen LogP contribution is -2.40. The molecule has 0 aromatic heterocycles. The molecule has 1 unspecified atom stereocenters. The lowest BCUT2D eigenvalue weighted by atomic mass is 9.95. The summed E-state index contributed by atoms with van der Waals surface area (Å²) in [5, 5.41) is 1.06. The number of halogens is 2. The predicted octanol–water partition coefficient (Wildman–Crippen LogP) is 4.72. The van der Waals surface area contributed by atoms with Crippen LogP contribution in [0.1, 0.15) is 44.1 Å². The van der Waals surface area contributed by atoms with Crippen LogP contribution < -0.4 is 0 Å². The van der Waals surface area contributed by atoms with Crippen LogP contribution in [0, 0.1) is 5.92 Å². The van der Waals surface area contributed by atoms with Crippen LogP contribution in [0.3, 0.4) is 0 Å². The fraction of sp³-hybridized carbons (Fsp3) is 0.588. The highest BCUT2D eigenvalue weighted by Gasteiger charge is 2.35. The summed E-state index contributed by atoms with van der Waals surface area (Å²) in [5.41, 5.74) is 0.950. The van der Waals surface area contributed by atoms with Crippen molar-refractivity contribution in [3.63, 3.8) is 0 Å². The Labute approximate surface area is 136 Å².